The molecule has 2 heteroatoms. The van der Waals surface area contributed by atoms with Crippen molar-refractivity contribution in [1.29, 1.82) is 0 Å². The fourth-order valence-electron chi connectivity index (χ4n) is 10.1. The summed E-state index contributed by atoms with van der Waals surface area (Å²) in [7, 11) is 0. The zero-order valence-electron chi connectivity index (χ0n) is 24.6. The topological polar surface area (TPSA) is 20.3 Å². The van der Waals surface area contributed by atoms with Gasteiger partial charge >= 0.3 is 0 Å². The molecule has 37 heavy (non-hydrogen) atoms. The van der Waals surface area contributed by atoms with Gasteiger partial charge in [-0.25, -0.2) is 0 Å². The number of rotatable bonds is 7. The standard InChI is InChI=1S/C35H53NO/c1-24(2)11-10-12-25(3)31-17-18-32-30-16-15-27-23-29(36(26(4)37)28-13-8-7-9-14-28)19-21-34(27,5)33(30)20-22-35(31,32)6/h7-9,13-15,24-25,29-33H,10-12,16-23H2,1-6H3/t25-,29+,30+,31-,32+,33+,34+,35-/m1/s1. The van der Waals surface area contributed by atoms with Crippen LogP contribution in [-0.4, -0.2) is 11.9 Å². The van der Waals surface area contributed by atoms with Gasteiger partial charge in [0.05, 0.1) is 0 Å². The molecule has 0 heterocycles. The van der Waals surface area contributed by atoms with Gasteiger partial charge < -0.3 is 4.90 Å². The Morgan fingerprint density at radius 1 is 0.973 bits per heavy atom. The second-order valence-electron chi connectivity index (χ2n) is 14.4. The Hall–Kier alpha value is -1.57. The molecule has 204 valence electrons. The Morgan fingerprint density at radius 2 is 1.73 bits per heavy atom. The number of hydrogen-bond donors (Lipinski definition) is 0. The van der Waals surface area contributed by atoms with Gasteiger partial charge in [0.1, 0.15) is 0 Å². The molecule has 1 amide bonds. The van der Waals surface area contributed by atoms with Crippen molar-refractivity contribution in [3.05, 3.63) is 42.0 Å². The SMILES string of the molecule is CC(=O)N(c1ccccc1)[C@H]1CC[C@@]2(C)C(=CC[C@H]3[C@@H]4CC[C@H]([C@H](C)CCCC(C)C)[C@@]4(C)CC[C@@H]32)C1. The molecule has 1 aromatic rings. The van der Waals surface area contributed by atoms with Gasteiger partial charge in [-0.3, -0.25) is 4.79 Å². The van der Waals surface area contributed by atoms with Crippen LogP contribution < -0.4 is 4.90 Å². The first kappa shape index (κ1) is 27.0. The molecule has 0 bridgehead atoms. The summed E-state index contributed by atoms with van der Waals surface area (Å²) >= 11 is 0. The average Bonchev–Trinajstić information content (AvgIpc) is 3.22. The van der Waals surface area contributed by atoms with Gasteiger partial charge in [0.2, 0.25) is 5.91 Å². The molecular formula is C35H53NO. The summed E-state index contributed by atoms with van der Waals surface area (Å²) in [4.78, 5) is 14.9. The van der Waals surface area contributed by atoms with E-state index in [4.69, 9.17) is 0 Å². The maximum atomic E-state index is 12.8. The third kappa shape index (κ3) is 4.85. The smallest absolute Gasteiger partial charge is 0.224 e. The van der Waals surface area contributed by atoms with Gasteiger partial charge in [-0.1, -0.05) is 83.7 Å². The molecule has 0 aliphatic heterocycles. The largest absolute Gasteiger partial charge is 0.309 e. The van der Waals surface area contributed by atoms with Crippen molar-refractivity contribution >= 4 is 11.6 Å². The zero-order valence-corrected chi connectivity index (χ0v) is 24.6. The number of carbonyl (C=O) groups excluding carboxylic acids is 1. The maximum absolute atomic E-state index is 12.8. The van der Waals surface area contributed by atoms with Gasteiger partial charge in [0, 0.05) is 18.7 Å². The molecule has 1 aromatic carbocycles. The summed E-state index contributed by atoms with van der Waals surface area (Å²) in [5.41, 5.74) is 3.62. The number of fused-ring (bicyclic) bond motifs is 5. The molecule has 4 aliphatic rings. The monoisotopic (exact) mass is 503 g/mol. The molecular weight excluding hydrogens is 450 g/mol. The molecule has 0 spiro atoms. The number of benzene rings is 1. The van der Waals surface area contributed by atoms with E-state index in [1.807, 2.05) is 6.07 Å². The van der Waals surface area contributed by atoms with E-state index in [0.717, 1.165) is 54.0 Å². The Morgan fingerprint density at radius 3 is 2.43 bits per heavy atom. The van der Waals surface area contributed by atoms with Crippen molar-refractivity contribution < 1.29 is 4.79 Å². The quantitative estimate of drug-likeness (QED) is 0.339. The lowest BCUT2D eigenvalue weighted by molar-refractivity contribution is -0.117. The van der Waals surface area contributed by atoms with E-state index in [1.165, 1.54) is 57.8 Å². The number of nitrogens with zero attached hydrogens (tertiary/aromatic N) is 1. The van der Waals surface area contributed by atoms with Gasteiger partial charge in [-0.15, -0.1) is 0 Å². The van der Waals surface area contributed by atoms with Crippen LogP contribution in [0.1, 0.15) is 112 Å². The van der Waals surface area contributed by atoms with Crippen LogP contribution in [0.15, 0.2) is 42.0 Å². The van der Waals surface area contributed by atoms with Crippen LogP contribution in [0.25, 0.3) is 0 Å². The Balaban J connectivity index is 1.32. The van der Waals surface area contributed by atoms with Crippen LogP contribution in [0.3, 0.4) is 0 Å². The van der Waals surface area contributed by atoms with Crippen molar-refractivity contribution in [3.63, 3.8) is 0 Å². The van der Waals surface area contributed by atoms with Gasteiger partial charge in [-0.2, -0.15) is 0 Å². The zero-order chi connectivity index (χ0) is 26.4. The summed E-state index contributed by atoms with van der Waals surface area (Å²) in [6, 6.07) is 10.7. The molecule has 3 saturated carbocycles. The second-order valence-corrected chi connectivity index (χ2v) is 14.4. The highest BCUT2D eigenvalue weighted by Gasteiger charge is 2.59. The van der Waals surface area contributed by atoms with E-state index < -0.39 is 0 Å². The highest BCUT2D eigenvalue weighted by Crippen LogP contribution is 2.67. The number of carbonyl (C=O) groups is 1. The number of allylic oxidation sites excluding steroid dienone is 1. The summed E-state index contributed by atoms with van der Waals surface area (Å²) < 4.78 is 0. The molecule has 8 atom stereocenters. The van der Waals surface area contributed by atoms with E-state index in [0.29, 0.717) is 16.9 Å². The van der Waals surface area contributed by atoms with E-state index in [1.54, 1.807) is 12.5 Å². The molecule has 4 aliphatic carbocycles. The average molecular weight is 504 g/mol. The number of anilines is 1. The summed E-state index contributed by atoms with van der Waals surface area (Å²) in [5.74, 6) is 5.44. The van der Waals surface area contributed by atoms with Crippen LogP contribution in [-0.2, 0) is 4.79 Å². The molecule has 0 radical (unpaired) electrons. The summed E-state index contributed by atoms with van der Waals surface area (Å²) in [5, 5.41) is 0. The normalized spacial score (nSPS) is 37.8. The molecule has 0 saturated heterocycles. The maximum Gasteiger partial charge on any atom is 0.224 e. The van der Waals surface area contributed by atoms with Gasteiger partial charge in [0.15, 0.2) is 0 Å². The van der Waals surface area contributed by atoms with Crippen molar-refractivity contribution in [2.24, 2.45) is 46.3 Å². The minimum Gasteiger partial charge on any atom is -0.309 e. The lowest BCUT2D eigenvalue weighted by atomic mass is 9.46. The van der Waals surface area contributed by atoms with Crippen molar-refractivity contribution in [1.82, 2.24) is 0 Å². The number of para-hydroxylation sites is 1. The Bertz CT molecular complexity index is 980. The Kier molecular flexibility index (Phi) is 7.69. The molecule has 0 aromatic heterocycles. The predicted molar refractivity (Wildman–Crippen MR) is 156 cm³/mol. The first-order valence-corrected chi connectivity index (χ1v) is 15.7. The van der Waals surface area contributed by atoms with Crippen molar-refractivity contribution in [2.45, 2.75) is 118 Å². The first-order chi connectivity index (χ1) is 17.6. The third-order valence-corrected chi connectivity index (χ3v) is 12.0. The van der Waals surface area contributed by atoms with Crippen molar-refractivity contribution in [3.8, 4) is 0 Å². The predicted octanol–water partition coefficient (Wildman–Crippen LogP) is 9.45. The lowest BCUT2D eigenvalue weighted by Gasteiger charge is -2.59. The molecule has 0 N–H and O–H groups in total. The van der Waals surface area contributed by atoms with Crippen LogP contribution >= 0.6 is 0 Å². The van der Waals surface area contributed by atoms with Crippen LogP contribution in [0, 0.1) is 46.3 Å². The minimum absolute atomic E-state index is 0.182. The minimum atomic E-state index is 0.182. The number of hydrogen-bond acceptors (Lipinski definition) is 1. The summed E-state index contributed by atoms with van der Waals surface area (Å²) in [6.45, 7) is 14.4. The lowest BCUT2D eigenvalue weighted by Crippen LogP contribution is -2.52. The third-order valence-electron chi connectivity index (χ3n) is 12.0. The van der Waals surface area contributed by atoms with E-state index in [-0.39, 0.29) is 5.91 Å². The fraction of sp³-hybridized carbons (Fsp3) is 0.743. The van der Waals surface area contributed by atoms with Gasteiger partial charge in [0.25, 0.3) is 0 Å². The fourth-order valence-corrected chi connectivity index (χ4v) is 10.1. The van der Waals surface area contributed by atoms with Crippen LogP contribution in [0.5, 0.6) is 0 Å². The van der Waals surface area contributed by atoms with Crippen LogP contribution in [0.4, 0.5) is 5.69 Å². The summed E-state index contributed by atoms with van der Waals surface area (Å²) in [6.07, 6.45) is 17.4. The van der Waals surface area contributed by atoms with Crippen LogP contribution in [0.2, 0.25) is 0 Å². The first-order valence-electron chi connectivity index (χ1n) is 15.7. The van der Waals surface area contributed by atoms with E-state index >= 15 is 0 Å². The number of amides is 1. The highest BCUT2D eigenvalue weighted by atomic mass is 16.2. The van der Waals surface area contributed by atoms with E-state index in [9.17, 15) is 4.79 Å². The van der Waals surface area contributed by atoms with Crippen molar-refractivity contribution in [2.75, 3.05) is 4.90 Å². The highest BCUT2D eigenvalue weighted by molar-refractivity contribution is 5.92. The molecule has 2 nitrogen and oxygen atoms in total. The molecule has 3 fully saturated rings. The van der Waals surface area contributed by atoms with Gasteiger partial charge in [-0.05, 0) is 110 Å². The Labute approximate surface area is 227 Å². The second kappa shape index (κ2) is 10.5. The molecule has 5 rings (SSSR count). The molecule has 0 unspecified atom stereocenters. The van der Waals surface area contributed by atoms with E-state index in [2.05, 4.69) is 69.9 Å².